The Bertz CT molecular complexity index is 251. The molecule has 1 saturated carbocycles. The zero-order valence-corrected chi connectivity index (χ0v) is 11.8. The predicted molar refractivity (Wildman–Crippen MR) is 71.6 cm³/mol. The normalized spacial score (nSPS) is 24.6. The van der Waals surface area contributed by atoms with Crippen LogP contribution in [0.4, 0.5) is 0 Å². The third kappa shape index (κ3) is 4.30. The molecular weight excluding hydrogens is 212 g/mol. The minimum Gasteiger partial charge on any atom is -0.340 e. The largest absolute Gasteiger partial charge is 0.340 e. The lowest BCUT2D eigenvalue weighted by atomic mass is 9.98. The molecule has 3 nitrogen and oxygen atoms in total. The van der Waals surface area contributed by atoms with E-state index in [0.717, 1.165) is 19.4 Å². The summed E-state index contributed by atoms with van der Waals surface area (Å²) in [5, 5.41) is 0. The van der Waals surface area contributed by atoms with E-state index in [-0.39, 0.29) is 11.9 Å². The molecule has 1 aliphatic carbocycles. The van der Waals surface area contributed by atoms with Gasteiger partial charge in [0.1, 0.15) is 0 Å². The van der Waals surface area contributed by atoms with E-state index in [1.165, 1.54) is 6.42 Å². The molecule has 0 spiro atoms. The zero-order chi connectivity index (χ0) is 13.0. The Balaban J connectivity index is 2.52. The van der Waals surface area contributed by atoms with Gasteiger partial charge in [0.25, 0.3) is 0 Å². The van der Waals surface area contributed by atoms with Crippen LogP contribution in [0.5, 0.6) is 0 Å². The van der Waals surface area contributed by atoms with Crippen molar-refractivity contribution >= 4 is 5.91 Å². The topological polar surface area (TPSA) is 46.3 Å². The van der Waals surface area contributed by atoms with Crippen molar-refractivity contribution in [1.29, 1.82) is 0 Å². The first-order valence-corrected chi connectivity index (χ1v) is 6.96. The molecule has 100 valence electrons. The third-order valence-corrected chi connectivity index (χ3v) is 3.66. The van der Waals surface area contributed by atoms with Gasteiger partial charge in [0, 0.05) is 25.0 Å². The monoisotopic (exact) mass is 240 g/mol. The Morgan fingerprint density at radius 3 is 2.35 bits per heavy atom. The van der Waals surface area contributed by atoms with Crippen molar-refractivity contribution in [3.63, 3.8) is 0 Å². The lowest BCUT2D eigenvalue weighted by Crippen LogP contribution is -2.41. The van der Waals surface area contributed by atoms with Crippen molar-refractivity contribution in [3.8, 4) is 0 Å². The van der Waals surface area contributed by atoms with Gasteiger partial charge in [-0.05, 0) is 38.5 Å². The molecule has 2 atom stereocenters. The van der Waals surface area contributed by atoms with E-state index >= 15 is 0 Å². The summed E-state index contributed by atoms with van der Waals surface area (Å²) >= 11 is 0. The summed E-state index contributed by atoms with van der Waals surface area (Å²) in [4.78, 5) is 14.3. The fourth-order valence-corrected chi connectivity index (χ4v) is 2.65. The van der Waals surface area contributed by atoms with Crippen LogP contribution in [-0.4, -0.2) is 29.4 Å². The van der Waals surface area contributed by atoms with Gasteiger partial charge in [0.2, 0.25) is 5.91 Å². The van der Waals surface area contributed by atoms with E-state index < -0.39 is 0 Å². The summed E-state index contributed by atoms with van der Waals surface area (Å²) in [6, 6.07) is 0.537. The van der Waals surface area contributed by atoms with E-state index in [4.69, 9.17) is 5.73 Å². The number of carbonyl (C=O) groups is 1. The van der Waals surface area contributed by atoms with Gasteiger partial charge in [-0.1, -0.05) is 20.3 Å². The van der Waals surface area contributed by atoms with E-state index in [2.05, 4.69) is 27.7 Å². The summed E-state index contributed by atoms with van der Waals surface area (Å²) in [7, 11) is 0. The predicted octanol–water partition coefficient (Wildman–Crippen LogP) is 2.40. The summed E-state index contributed by atoms with van der Waals surface area (Å²) in [6.07, 6.45) is 4.04. The van der Waals surface area contributed by atoms with Crippen LogP contribution >= 0.6 is 0 Å². The van der Waals surface area contributed by atoms with Crippen molar-refractivity contribution < 1.29 is 4.79 Å². The van der Waals surface area contributed by atoms with Crippen LogP contribution in [-0.2, 0) is 4.79 Å². The maximum atomic E-state index is 12.3. The van der Waals surface area contributed by atoms with Crippen LogP contribution in [0.3, 0.4) is 0 Å². The van der Waals surface area contributed by atoms with Gasteiger partial charge in [-0.15, -0.1) is 0 Å². The van der Waals surface area contributed by atoms with Crippen LogP contribution in [0, 0.1) is 11.8 Å². The SMILES string of the molecule is CC(C)CN(C(=O)C[C@@H]1CCC[C@H]1N)C(C)C. The third-order valence-electron chi connectivity index (χ3n) is 3.66. The molecule has 0 radical (unpaired) electrons. The number of hydrogen-bond acceptors (Lipinski definition) is 2. The van der Waals surface area contributed by atoms with Gasteiger partial charge in [0.15, 0.2) is 0 Å². The summed E-state index contributed by atoms with van der Waals surface area (Å²) in [6.45, 7) is 9.36. The number of nitrogens with two attached hydrogens (primary N) is 1. The van der Waals surface area contributed by atoms with Gasteiger partial charge >= 0.3 is 0 Å². The Labute approximate surface area is 106 Å². The Morgan fingerprint density at radius 2 is 1.94 bits per heavy atom. The van der Waals surface area contributed by atoms with Crippen LogP contribution in [0.1, 0.15) is 53.4 Å². The second-order valence-corrected chi connectivity index (χ2v) is 6.09. The van der Waals surface area contributed by atoms with Crippen LogP contribution in [0.15, 0.2) is 0 Å². The van der Waals surface area contributed by atoms with Gasteiger partial charge in [-0.2, -0.15) is 0 Å². The molecule has 1 amide bonds. The molecule has 0 bridgehead atoms. The quantitative estimate of drug-likeness (QED) is 0.802. The Kier molecular flexibility index (Phi) is 5.44. The van der Waals surface area contributed by atoms with Crippen molar-refractivity contribution in [2.75, 3.05) is 6.54 Å². The molecule has 1 rings (SSSR count). The number of hydrogen-bond donors (Lipinski definition) is 1. The lowest BCUT2D eigenvalue weighted by molar-refractivity contribution is -0.134. The molecule has 17 heavy (non-hydrogen) atoms. The fourth-order valence-electron chi connectivity index (χ4n) is 2.65. The van der Waals surface area contributed by atoms with Crippen molar-refractivity contribution in [2.24, 2.45) is 17.6 Å². The standard InChI is InChI=1S/C14H28N2O/c1-10(2)9-16(11(3)4)14(17)8-12-6-5-7-13(12)15/h10-13H,5-9,15H2,1-4H3/t12-,13+/m0/s1. The highest BCUT2D eigenvalue weighted by Gasteiger charge is 2.28. The molecule has 0 aromatic carbocycles. The van der Waals surface area contributed by atoms with Crippen molar-refractivity contribution in [2.45, 2.75) is 65.5 Å². The minimum absolute atomic E-state index is 0.243. The fraction of sp³-hybridized carbons (Fsp3) is 0.929. The summed E-state index contributed by atoms with van der Waals surface area (Å²) in [5.41, 5.74) is 6.03. The molecule has 0 heterocycles. The number of nitrogens with zero attached hydrogens (tertiary/aromatic N) is 1. The maximum Gasteiger partial charge on any atom is 0.223 e. The van der Waals surface area contributed by atoms with E-state index in [9.17, 15) is 4.79 Å². The molecule has 0 saturated heterocycles. The van der Waals surface area contributed by atoms with Gasteiger partial charge in [0.05, 0.1) is 0 Å². The van der Waals surface area contributed by atoms with Crippen molar-refractivity contribution in [3.05, 3.63) is 0 Å². The van der Waals surface area contributed by atoms with E-state index in [1.54, 1.807) is 0 Å². The molecule has 0 aliphatic heterocycles. The minimum atomic E-state index is 0.243. The maximum absolute atomic E-state index is 12.3. The first-order chi connectivity index (χ1) is 7.91. The smallest absolute Gasteiger partial charge is 0.223 e. The molecule has 2 N–H and O–H groups in total. The van der Waals surface area contributed by atoms with Crippen LogP contribution in [0.25, 0.3) is 0 Å². The number of rotatable bonds is 5. The molecule has 0 aromatic rings. The van der Waals surface area contributed by atoms with E-state index in [1.807, 2.05) is 4.90 Å². The second kappa shape index (κ2) is 6.39. The highest BCUT2D eigenvalue weighted by atomic mass is 16.2. The van der Waals surface area contributed by atoms with Crippen LogP contribution in [0.2, 0.25) is 0 Å². The highest BCUT2D eigenvalue weighted by molar-refractivity contribution is 5.76. The Hall–Kier alpha value is -0.570. The van der Waals surface area contributed by atoms with E-state index in [0.29, 0.717) is 24.3 Å². The van der Waals surface area contributed by atoms with Crippen molar-refractivity contribution in [1.82, 2.24) is 4.90 Å². The molecule has 0 aromatic heterocycles. The number of carbonyl (C=O) groups excluding carboxylic acids is 1. The average Bonchev–Trinajstić information content (AvgIpc) is 2.60. The molecule has 3 heteroatoms. The Morgan fingerprint density at radius 1 is 1.29 bits per heavy atom. The second-order valence-electron chi connectivity index (χ2n) is 6.09. The first kappa shape index (κ1) is 14.5. The number of amides is 1. The van der Waals surface area contributed by atoms with Gasteiger partial charge < -0.3 is 10.6 Å². The average molecular weight is 240 g/mol. The molecule has 1 aliphatic rings. The molecule has 0 unspecified atom stereocenters. The zero-order valence-electron chi connectivity index (χ0n) is 11.8. The van der Waals surface area contributed by atoms with Crippen LogP contribution < -0.4 is 5.73 Å². The van der Waals surface area contributed by atoms with Gasteiger partial charge in [-0.25, -0.2) is 0 Å². The summed E-state index contributed by atoms with van der Waals surface area (Å²) in [5.74, 6) is 1.23. The highest BCUT2D eigenvalue weighted by Crippen LogP contribution is 2.27. The van der Waals surface area contributed by atoms with Gasteiger partial charge in [-0.3, -0.25) is 4.79 Å². The lowest BCUT2D eigenvalue weighted by Gasteiger charge is -2.30. The molecule has 1 fully saturated rings. The first-order valence-electron chi connectivity index (χ1n) is 6.96. The summed E-state index contributed by atoms with van der Waals surface area (Å²) < 4.78 is 0. The molecular formula is C14H28N2O.